The number of Topliss-reactive ketones (excluding diaryl/α,β-unsaturated/α-hetero) is 1. The third kappa shape index (κ3) is 5.76. The number of benzene rings is 3. The van der Waals surface area contributed by atoms with Crippen molar-refractivity contribution in [2.45, 2.75) is 83.2 Å². The zero-order chi connectivity index (χ0) is 28.8. The van der Waals surface area contributed by atoms with E-state index < -0.39 is 11.6 Å². The van der Waals surface area contributed by atoms with Gasteiger partial charge in [-0.25, -0.2) is 4.79 Å². The van der Waals surface area contributed by atoms with Crippen LogP contribution in [0.4, 0.5) is 5.69 Å². The lowest BCUT2D eigenvalue weighted by atomic mass is 9.77. The van der Waals surface area contributed by atoms with Gasteiger partial charge in [0.1, 0.15) is 22.9 Å². The molecule has 5 rings (SSSR count). The van der Waals surface area contributed by atoms with Crippen LogP contribution >= 0.6 is 0 Å². The molecule has 0 radical (unpaired) electrons. The molecule has 7 heteroatoms. The normalized spacial score (nSPS) is 16.5. The van der Waals surface area contributed by atoms with E-state index in [0.29, 0.717) is 34.4 Å². The lowest BCUT2D eigenvalue weighted by Gasteiger charge is -2.37. The second-order valence-corrected chi connectivity index (χ2v) is 11.1. The highest BCUT2D eigenvalue weighted by atomic mass is 16.6. The predicted molar refractivity (Wildman–Crippen MR) is 158 cm³/mol. The molecule has 216 valence electrons. The number of phenolic OH excluding ortho intramolecular Hbond substituents is 2. The number of carbonyl (C=O) groups excluding carboxylic acids is 2. The number of hydrogen-bond acceptors (Lipinski definition) is 7. The molecule has 1 atom stereocenters. The molecular weight excluding hydrogens is 518 g/mol. The van der Waals surface area contributed by atoms with Gasteiger partial charge in [-0.05, 0) is 36.8 Å². The molecule has 0 saturated carbocycles. The summed E-state index contributed by atoms with van der Waals surface area (Å²) in [4.78, 5) is 25.8. The molecule has 0 saturated heterocycles. The molecule has 2 aliphatic heterocycles. The van der Waals surface area contributed by atoms with Crippen molar-refractivity contribution in [1.29, 1.82) is 0 Å². The van der Waals surface area contributed by atoms with Gasteiger partial charge in [-0.15, -0.1) is 0 Å². The van der Waals surface area contributed by atoms with Gasteiger partial charge in [-0.3, -0.25) is 4.79 Å². The number of phenols is 2. The summed E-state index contributed by atoms with van der Waals surface area (Å²) in [5.41, 5.74) is 1.09. The highest BCUT2D eigenvalue weighted by molar-refractivity contribution is 5.97. The largest absolute Gasteiger partial charge is 0.508 e. The number of ketones is 1. The SMILES string of the molecule is CCCCCCCCCCCCC(=O)CNc1c(O)ccc2c1Oc1cc(O)ccc1C21OC(=O)c2ccccc21. The Morgan fingerprint density at radius 3 is 2.27 bits per heavy atom. The van der Waals surface area contributed by atoms with E-state index in [4.69, 9.17) is 9.47 Å². The molecule has 0 aliphatic carbocycles. The average Bonchev–Trinajstić information content (AvgIpc) is 3.26. The maximum absolute atomic E-state index is 13.0. The van der Waals surface area contributed by atoms with Crippen LogP contribution in [0.3, 0.4) is 0 Å². The highest BCUT2D eigenvalue weighted by Crippen LogP contribution is 2.59. The molecule has 2 aliphatic rings. The van der Waals surface area contributed by atoms with Gasteiger partial charge in [-0.1, -0.05) is 82.9 Å². The number of anilines is 1. The Balaban J connectivity index is 1.29. The van der Waals surface area contributed by atoms with E-state index in [1.807, 2.05) is 12.1 Å². The number of fused-ring (bicyclic) bond motifs is 6. The predicted octanol–water partition coefficient (Wildman–Crippen LogP) is 7.96. The van der Waals surface area contributed by atoms with E-state index in [-0.39, 0.29) is 35.3 Å². The number of carbonyl (C=O) groups is 2. The first-order valence-electron chi connectivity index (χ1n) is 14.9. The van der Waals surface area contributed by atoms with Crippen LogP contribution in [0.2, 0.25) is 0 Å². The van der Waals surface area contributed by atoms with Crippen molar-refractivity contribution in [3.05, 3.63) is 76.9 Å². The Bertz CT molecular complexity index is 1420. The first-order chi connectivity index (χ1) is 20.0. The van der Waals surface area contributed by atoms with Gasteiger partial charge < -0.3 is 25.0 Å². The molecule has 41 heavy (non-hydrogen) atoms. The van der Waals surface area contributed by atoms with Crippen molar-refractivity contribution in [3.63, 3.8) is 0 Å². The fourth-order valence-electron chi connectivity index (χ4n) is 5.97. The van der Waals surface area contributed by atoms with Crippen LogP contribution in [-0.4, -0.2) is 28.5 Å². The Morgan fingerprint density at radius 1 is 0.829 bits per heavy atom. The topological polar surface area (TPSA) is 105 Å². The van der Waals surface area contributed by atoms with E-state index in [1.54, 1.807) is 24.3 Å². The average molecular weight is 558 g/mol. The second kappa shape index (κ2) is 12.7. The molecule has 1 unspecified atom stereocenters. The minimum absolute atomic E-state index is 0.0127. The summed E-state index contributed by atoms with van der Waals surface area (Å²) >= 11 is 0. The summed E-state index contributed by atoms with van der Waals surface area (Å²) in [7, 11) is 0. The van der Waals surface area contributed by atoms with E-state index >= 15 is 0 Å². The quantitative estimate of drug-likeness (QED) is 0.105. The monoisotopic (exact) mass is 557 g/mol. The van der Waals surface area contributed by atoms with Gasteiger partial charge in [0.25, 0.3) is 0 Å². The molecule has 3 N–H and O–H groups in total. The van der Waals surface area contributed by atoms with E-state index in [9.17, 15) is 19.8 Å². The van der Waals surface area contributed by atoms with Gasteiger partial charge in [0.05, 0.1) is 17.7 Å². The van der Waals surface area contributed by atoms with Crippen LogP contribution < -0.4 is 10.1 Å². The van der Waals surface area contributed by atoms with Crippen LogP contribution in [-0.2, 0) is 15.1 Å². The van der Waals surface area contributed by atoms with Crippen molar-refractivity contribution < 1.29 is 29.3 Å². The third-order valence-electron chi connectivity index (χ3n) is 8.12. The molecular formula is C34H39NO6. The molecule has 0 bridgehead atoms. The van der Waals surface area contributed by atoms with Gasteiger partial charge >= 0.3 is 5.97 Å². The number of esters is 1. The maximum atomic E-state index is 13.0. The summed E-state index contributed by atoms with van der Waals surface area (Å²) < 4.78 is 12.3. The molecule has 0 amide bonds. The molecule has 1 spiro atoms. The highest BCUT2D eigenvalue weighted by Gasteiger charge is 2.54. The first kappa shape index (κ1) is 28.5. The van der Waals surface area contributed by atoms with E-state index in [1.165, 1.54) is 63.1 Å². The third-order valence-corrected chi connectivity index (χ3v) is 8.12. The summed E-state index contributed by atoms with van der Waals surface area (Å²) in [6.07, 6.45) is 12.5. The lowest BCUT2D eigenvalue weighted by molar-refractivity contribution is -0.117. The number of ether oxygens (including phenoxy) is 2. The Kier molecular flexibility index (Phi) is 8.81. The lowest BCUT2D eigenvalue weighted by Crippen LogP contribution is -2.33. The first-order valence-corrected chi connectivity index (χ1v) is 14.9. The second-order valence-electron chi connectivity index (χ2n) is 11.1. The van der Waals surface area contributed by atoms with Crippen LogP contribution in [0.15, 0.2) is 54.6 Å². The zero-order valence-electron chi connectivity index (χ0n) is 23.7. The fraction of sp³-hybridized carbons (Fsp3) is 0.412. The van der Waals surface area contributed by atoms with Gasteiger partial charge in [0.15, 0.2) is 17.1 Å². The smallest absolute Gasteiger partial charge is 0.340 e. The van der Waals surface area contributed by atoms with Crippen molar-refractivity contribution in [2.24, 2.45) is 0 Å². The van der Waals surface area contributed by atoms with Crippen molar-refractivity contribution in [1.82, 2.24) is 0 Å². The Morgan fingerprint density at radius 2 is 1.51 bits per heavy atom. The van der Waals surface area contributed by atoms with Gasteiger partial charge in [-0.2, -0.15) is 0 Å². The van der Waals surface area contributed by atoms with E-state index in [0.717, 1.165) is 19.3 Å². The molecule has 3 aromatic rings. The van der Waals surface area contributed by atoms with Crippen LogP contribution in [0.5, 0.6) is 23.0 Å². The summed E-state index contributed by atoms with van der Waals surface area (Å²) in [6, 6.07) is 15.0. The molecule has 0 fully saturated rings. The number of rotatable bonds is 14. The van der Waals surface area contributed by atoms with Gasteiger partial charge in [0, 0.05) is 23.6 Å². The minimum atomic E-state index is -1.32. The molecule has 7 nitrogen and oxygen atoms in total. The van der Waals surface area contributed by atoms with Crippen LogP contribution in [0.1, 0.15) is 105 Å². The maximum Gasteiger partial charge on any atom is 0.340 e. The van der Waals surface area contributed by atoms with Crippen molar-refractivity contribution >= 4 is 17.4 Å². The Hall–Kier alpha value is -4.00. The number of unbranched alkanes of at least 4 members (excludes halogenated alkanes) is 9. The van der Waals surface area contributed by atoms with Crippen molar-refractivity contribution in [2.75, 3.05) is 11.9 Å². The summed E-state index contributed by atoms with van der Waals surface area (Å²) in [6.45, 7) is 2.26. The molecule has 0 aromatic heterocycles. The number of hydrogen-bond donors (Lipinski definition) is 3. The molecule has 2 heterocycles. The summed E-state index contributed by atoms with van der Waals surface area (Å²) in [5.74, 6) is 0.0179. The zero-order valence-corrected chi connectivity index (χ0v) is 23.7. The number of aromatic hydroxyl groups is 2. The van der Waals surface area contributed by atoms with Crippen LogP contribution in [0, 0.1) is 0 Å². The van der Waals surface area contributed by atoms with Crippen molar-refractivity contribution in [3.8, 4) is 23.0 Å². The summed E-state index contributed by atoms with van der Waals surface area (Å²) in [5, 5.41) is 24.1. The Labute approximate surface area is 241 Å². The molecule has 3 aromatic carbocycles. The van der Waals surface area contributed by atoms with Crippen LogP contribution in [0.25, 0.3) is 0 Å². The number of nitrogens with one attached hydrogen (secondary N) is 1. The van der Waals surface area contributed by atoms with Gasteiger partial charge in [0.2, 0.25) is 0 Å². The minimum Gasteiger partial charge on any atom is -0.508 e. The fourth-order valence-corrected chi connectivity index (χ4v) is 5.97. The standard InChI is InChI=1S/C34H39NO6/c1-2-3-4-5-6-7-8-9-10-11-14-24(37)22-35-31-29(38)20-19-28-32(31)40-30-21-23(36)17-18-27(30)34(28)26-16-13-12-15-25(26)33(39)41-34/h12-13,15-21,35-36,38H,2-11,14,22H2,1H3. The van der Waals surface area contributed by atoms with E-state index in [2.05, 4.69) is 12.2 Å².